The summed E-state index contributed by atoms with van der Waals surface area (Å²) < 4.78 is 56.9. The number of aryl methyl sites for hydroxylation is 1. The van der Waals surface area contributed by atoms with Crippen molar-refractivity contribution in [3.05, 3.63) is 58.2 Å². The van der Waals surface area contributed by atoms with Gasteiger partial charge >= 0.3 is 6.18 Å². The van der Waals surface area contributed by atoms with E-state index in [1.807, 2.05) is 18.2 Å². The fourth-order valence-corrected chi connectivity index (χ4v) is 6.98. The zero-order valence-electron chi connectivity index (χ0n) is 22.1. The molecule has 1 aromatic carbocycles. The maximum absolute atomic E-state index is 13.0. The molecule has 3 aliphatic heterocycles. The van der Waals surface area contributed by atoms with Crippen LogP contribution in [0.3, 0.4) is 0 Å². The number of benzene rings is 1. The summed E-state index contributed by atoms with van der Waals surface area (Å²) in [5.41, 5.74) is 5.35. The van der Waals surface area contributed by atoms with Crippen LogP contribution >= 0.6 is 22.9 Å². The molecule has 3 aromatic rings. The highest BCUT2D eigenvalue weighted by molar-refractivity contribution is 7.19. The van der Waals surface area contributed by atoms with Crippen molar-refractivity contribution in [1.29, 1.82) is 0 Å². The highest BCUT2D eigenvalue weighted by Gasteiger charge is 2.32. The molecule has 1 saturated heterocycles. The Bertz CT molecular complexity index is 1390. The highest BCUT2D eigenvalue weighted by atomic mass is 35.5. The third-order valence-electron chi connectivity index (χ3n) is 7.07. The van der Waals surface area contributed by atoms with Crippen LogP contribution in [0, 0.1) is 0 Å². The Morgan fingerprint density at radius 3 is 2.95 bits per heavy atom. The highest BCUT2D eigenvalue weighted by Crippen LogP contribution is 2.44. The average Bonchev–Trinajstić information content (AvgIpc) is 3.56. The number of fused-ring (bicyclic) bond motifs is 2. The lowest BCUT2D eigenvalue weighted by Crippen LogP contribution is -2.42. The van der Waals surface area contributed by atoms with Crippen LogP contribution in [0.5, 0.6) is 0 Å². The Hall–Kier alpha value is -2.33. The molecule has 5 nitrogen and oxygen atoms in total. The van der Waals surface area contributed by atoms with Gasteiger partial charge in [0.05, 0.1) is 18.2 Å². The predicted molar refractivity (Wildman–Crippen MR) is 144 cm³/mol. The normalized spacial score (nSPS) is 25.5. The summed E-state index contributed by atoms with van der Waals surface area (Å²) in [6, 6.07) is 8.45. The lowest BCUT2D eigenvalue weighted by Gasteiger charge is -2.38. The van der Waals surface area contributed by atoms with Gasteiger partial charge < -0.3 is 15.1 Å². The average molecular weight is 550 g/mol. The van der Waals surface area contributed by atoms with Crippen molar-refractivity contribution in [2.24, 2.45) is 0 Å². The minimum absolute atomic E-state index is 0.176. The standard InChI is InChI=1S/C27H29ClF3N5S/c28-19-11-18-3-1-10-36(20-4-6-32-14-20)25(18)23(12-19)22-5-7-33-24-13-21(37-26(22)24)15-34-8-2-9-35(17-34)16-27(29,30)31/h2,5,7,9,11-13,20,32H,1,3-4,6,8,10,14-17H2/i8D,17D/t8?,17-,20?/m0/s1. The zero-order valence-corrected chi connectivity index (χ0v) is 21.7. The van der Waals surface area contributed by atoms with E-state index in [1.165, 1.54) is 39.8 Å². The maximum atomic E-state index is 13.0. The minimum Gasteiger partial charge on any atom is -0.366 e. The van der Waals surface area contributed by atoms with Crippen molar-refractivity contribution in [3.63, 3.8) is 0 Å². The third-order valence-corrected chi connectivity index (χ3v) is 8.43. The molecular formula is C27H29ClF3N5S. The molecular weight excluding hydrogens is 519 g/mol. The second kappa shape index (κ2) is 10.1. The van der Waals surface area contributed by atoms with Gasteiger partial charge in [0.2, 0.25) is 0 Å². The summed E-state index contributed by atoms with van der Waals surface area (Å²) in [7, 11) is 0. The molecule has 0 spiro atoms. The molecule has 0 aliphatic carbocycles. The molecule has 37 heavy (non-hydrogen) atoms. The number of aromatic nitrogens is 1. The number of halogens is 4. The van der Waals surface area contributed by atoms with E-state index in [0.717, 1.165) is 70.0 Å². The summed E-state index contributed by atoms with van der Waals surface area (Å²) in [6.45, 7) is -0.332. The quantitative estimate of drug-likeness (QED) is 0.430. The Balaban J connectivity index is 1.36. The van der Waals surface area contributed by atoms with Crippen molar-refractivity contribution < 1.29 is 15.9 Å². The molecule has 0 bridgehead atoms. The summed E-state index contributed by atoms with van der Waals surface area (Å²) >= 11 is 8.14. The molecule has 196 valence electrons. The molecule has 3 atom stereocenters. The van der Waals surface area contributed by atoms with Gasteiger partial charge in [-0.25, -0.2) is 0 Å². The number of anilines is 1. The number of hydrogen-bond acceptors (Lipinski definition) is 6. The lowest BCUT2D eigenvalue weighted by molar-refractivity contribution is -0.144. The van der Waals surface area contributed by atoms with E-state index < -0.39 is 25.9 Å². The number of nitrogens with zero attached hydrogens (tertiary/aromatic N) is 4. The van der Waals surface area contributed by atoms with Gasteiger partial charge in [-0.2, -0.15) is 13.2 Å². The molecule has 6 rings (SSSR count). The van der Waals surface area contributed by atoms with Crippen molar-refractivity contribution in [2.45, 2.75) is 38.0 Å². The van der Waals surface area contributed by atoms with Crippen LogP contribution in [-0.4, -0.2) is 66.3 Å². The van der Waals surface area contributed by atoms with E-state index in [0.29, 0.717) is 11.1 Å². The first-order chi connectivity index (χ1) is 18.7. The predicted octanol–water partition coefficient (Wildman–Crippen LogP) is 5.88. The molecule has 1 N–H and O–H groups in total. The number of pyridine rings is 1. The van der Waals surface area contributed by atoms with Gasteiger partial charge in [0.15, 0.2) is 0 Å². The Morgan fingerprint density at radius 2 is 2.14 bits per heavy atom. The van der Waals surface area contributed by atoms with Crippen LogP contribution in [-0.2, 0) is 13.0 Å². The van der Waals surface area contributed by atoms with Gasteiger partial charge in [-0.15, -0.1) is 11.3 Å². The van der Waals surface area contributed by atoms with Crippen molar-refractivity contribution in [1.82, 2.24) is 20.1 Å². The van der Waals surface area contributed by atoms with Crippen LogP contribution in [0.1, 0.15) is 26.0 Å². The van der Waals surface area contributed by atoms with E-state index in [1.54, 1.807) is 6.20 Å². The zero-order chi connectivity index (χ0) is 27.3. The molecule has 2 aromatic heterocycles. The summed E-state index contributed by atoms with van der Waals surface area (Å²) in [6.07, 6.45) is 3.08. The van der Waals surface area contributed by atoms with Gasteiger partial charge in [0.1, 0.15) is 6.54 Å². The van der Waals surface area contributed by atoms with Crippen LogP contribution in [0.15, 0.2) is 42.7 Å². The second-order valence-corrected chi connectivity index (χ2v) is 11.3. The Labute approximate surface area is 226 Å². The van der Waals surface area contributed by atoms with Crippen LogP contribution in [0.2, 0.25) is 5.02 Å². The molecule has 10 heteroatoms. The first-order valence-electron chi connectivity index (χ1n) is 13.6. The van der Waals surface area contributed by atoms with E-state index in [9.17, 15) is 13.2 Å². The smallest absolute Gasteiger partial charge is 0.366 e. The third kappa shape index (κ3) is 5.32. The SMILES string of the molecule is [2H]C1C=CN(CC(F)(F)F)[C@@H]([2H])N1Cc1cc2nccc(-c3cc(Cl)cc4c3N(C3CCNC3)CCC4)c2s1. The van der Waals surface area contributed by atoms with Gasteiger partial charge in [-0.05, 0) is 61.8 Å². The van der Waals surface area contributed by atoms with E-state index in [4.69, 9.17) is 14.3 Å². The second-order valence-electron chi connectivity index (χ2n) is 9.76. The molecule has 1 fully saturated rings. The minimum atomic E-state index is -4.43. The van der Waals surface area contributed by atoms with Gasteiger partial charge in [-0.3, -0.25) is 9.88 Å². The number of rotatable bonds is 5. The molecule has 0 saturated carbocycles. The fourth-order valence-electron chi connectivity index (χ4n) is 5.59. The maximum Gasteiger partial charge on any atom is 0.405 e. The summed E-state index contributed by atoms with van der Waals surface area (Å²) in [4.78, 5) is 10.3. The molecule has 5 heterocycles. The Morgan fingerprint density at radius 1 is 1.24 bits per heavy atom. The monoisotopic (exact) mass is 549 g/mol. The van der Waals surface area contributed by atoms with Crippen molar-refractivity contribution >= 4 is 38.8 Å². The van der Waals surface area contributed by atoms with Crippen molar-refractivity contribution in [2.75, 3.05) is 44.2 Å². The number of alkyl halides is 3. The number of nitrogens with one attached hydrogen (secondary N) is 1. The van der Waals surface area contributed by atoms with E-state index in [-0.39, 0.29) is 6.54 Å². The molecule has 0 amide bonds. The summed E-state index contributed by atoms with van der Waals surface area (Å²) in [5.74, 6) is 0. The largest absolute Gasteiger partial charge is 0.405 e. The van der Waals surface area contributed by atoms with Crippen molar-refractivity contribution in [3.8, 4) is 11.1 Å². The number of thiophene rings is 1. The van der Waals surface area contributed by atoms with Gasteiger partial charge in [0, 0.05) is 66.5 Å². The topological polar surface area (TPSA) is 34.6 Å². The lowest BCUT2D eigenvalue weighted by atomic mass is 9.92. The van der Waals surface area contributed by atoms with Gasteiger partial charge in [0.25, 0.3) is 0 Å². The molecule has 2 unspecified atom stereocenters. The van der Waals surface area contributed by atoms with E-state index >= 15 is 0 Å². The van der Waals surface area contributed by atoms with Crippen LogP contribution in [0.25, 0.3) is 21.3 Å². The first kappa shape index (κ1) is 22.6. The number of hydrogen-bond donors (Lipinski definition) is 1. The first-order valence-corrected chi connectivity index (χ1v) is 13.7. The molecule has 3 aliphatic rings. The Kier molecular flexibility index (Phi) is 6.17. The molecule has 0 radical (unpaired) electrons. The van der Waals surface area contributed by atoms with E-state index in [2.05, 4.69) is 21.3 Å². The van der Waals surface area contributed by atoms with Crippen LogP contribution < -0.4 is 10.2 Å². The van der Waals surface area contributed by atoms with Gasteiger partial charge in [-0.1, -0.05) is 17.7 Å². The fraction of sp³-hybridized carbons (Fsp3) is 0.444. The summed E-state index contributed by atoms with van der Waals surface area (Å²) in [5, 5.41) is 4.17. The van der Waals surface area contributed by atoms with Crippen LogP contribution in [0.4, 0.5) is 18.9 Å².